The summed E-state index contributed by atoms with van der Waals surface area (Å²) in [4.78, 5) is 20.2. The van der Waals surface area contributed by atoms with Gasteiger partial charge in [0.25, 0.3) is 0 Å². The molecule has 0 saturated heterocycles. The summed E-state index contributed by atoms with van der Waals surface area (Å²) in [6.45, 7) is 0.342. The van der Waals surface area contributed by atoms with Gasteiger partial charge in [0, 0.05) is 24.1 Å². The highest BCUT2D eigenvalue weighted by molar-refractivity contribution is 6.01. The lowest BCUT2D eigenvalue weighted by molar-refractivity contribution is -0.133. The molecule has 0 aliphatic carbocycles. The first kappa shape index (κ1) is 20.7. The van der Waals surface area contributed by atoms with Crippen LogP contribution in [0.4, 0.5) is 8.78 Å². The van der Waals surface area contributed by atoms with E-state index in [9.17, 15) is 13.6 Å². The summed E-state index contributed by atoms with van der Waals surface area (Å²) in [5.41, 5.74) is 2.20. The Hall–Kier alpha value is -3.54. The fraction of sp³-hybridized carbons (Fsp3) is 0.200. The summed E-state index contributed by atoms with van der Waals surface area (Å²) in [5.74, 6) is -0.873. The van der Waals surface area contributed by atoms with Gasteiger partial charge < -0.3 is 9.74 Å². The lowest BCUT2D eigenvalue weighted by Gasteiger charge is -2.25. The van der Waals surface area contributed by atoms with Crippen LogP contribution < -0.4 is 0 Å². The second-order valence-corrected chi connectivity index (χ2v) is 7.48. The molecule has 0 N–H and O–H groups in total. The third-order valence-electron chi connectivity index (χ3n) is 5.21. The lowest BCUT2D eigenvalue weighted by Crippen LogP contribution is -2.38. The topological polar surface area (TPSA) is 41.9 Å². The molecular weight excluding hydrogens is 398 g/mol. The molecule has 31 heavy (non-hydrogen) atoms. The third kappa shape index (κ3) is 5.15. The highest BCUT2D eigenvalue weighted by Gasteiger charge is 2.28. The molecule has 6 heteroatoms. The van der Waals surface area contributed by atoms with Crippen molar-refractivity contribution in [3.8, 4) is 0 Å². The molecule has 0 radical (unpaired) electrons. The zero-order valence-electron chi connectivity index (χ0n) is 16.9. The molecule has 1 aliphatic heterocycles. The van der Waals surface area contributed by atoms with Gasteiger partial charge in [-0.2, -0.15) is 0 Å². The van der Waals surface area contributed by atoms with E-state index in [1.165, 1.54) is 12.1 Å². The van der Waals surface area contributed by atoms with Crippen LogP contribution in [0.25, 0.3) is 0 Å². The number of hydrogen-bond donors (Lipinski definition) is 0. The molecule has 4 rings (SSSR count). The standard InChI is InChI=1S/C25H22F2N2O2/c26-22-12-6-4-10-19(22)16-29(25(30)14-18-8-2-1-3-9-18)17-20-15-24(28-31-20)21-11-5-7-13-23(21)27/h1-13,20H,14-17H2. The average Bonchev–Trinajstić information content (AvgIpc) is 3.24. The predicted molar refractivity (Wildman–Crippen MR) is 114 cm³/mol. The maximum atomic E-state index is 14.2. The van der Waals surface area contributed by atoms with Gasteiger partial charge >= 0.3 is 0 Å². The molecule has 0 bridgehead atoms. The van der Waals surface area contributed by atoms with Gasteiger partial charge in [-0.15, -0.1) is 0 Å². The molecule has 1 atom stereocenters. The van der Waals surface area contributed by atoms with E-state index in [4.69, 9.17) is 4.84 Å². The number of carbonyl (C=O) groups is 1. The van der Waals surface area contributed by atoms with Crippen molar-refractivity contribution in [3.05, 3.63) is 107 Å². The van der Waals surface area contributed by atoms with E-state index >= 15 is 0 Å². The van der Waals surface area contributed by atoms with E-state index in [-0.39, 0.29) is 37.1 Å². The molecule has 1 aliphatic rings. The van der Waals surface area contributed by atoms with E-state index in [0.717, 1.165) is 5.56 Å². The van der Waals surface area contributed by atoms with Gasteiger partial charge in [-0.05, 0) is 17.7 Å². The largest absolute Gasteiger partial charge is 0.390 e. The summed E-state index contributed by atoms with van der Waals surface area (Å²) >= 11 is 0. The van der Waals surface area contributed by atoms with Crippen molar-refractivity contribution in [2.75, 3.05) is 6.54 Å². The smallest absolute Gasteiger partial charge is 0.227 e. The number of oxime groups is 1. The second-order valence-electron chi connectivity index (χ2n) is 7.48. The quantitative estimate of drug-likeness (QED) is 0.555. The maximum Gasteiger partial charge on any atom is 0.227 e. The molecule has 1 unspecified atom stereocenters. The first-order chi connectivity index (χ1) is 15.1. The first-order valence-corrected chi connectivity index (χ1v) is 10.1. The van der Waals surface area contributed by atoms with Gasteiger partial charge in [0.05, 0.1) is 18.7 Å². The van der Waals surface area contributed by atoms with Gasteiger partial charge in [-0.1, -0.05) is 71.9 Å². The minimum atomic E-state index is -0.430. The van der Waals surface area contributed by atoms with Crippen LogP contribution in [0, 0.1) is 11.6 Å². The van der Waals surface area contributed by atoms with Crippen molar-refractivity contribution < 1.29 is 18.4 Å². The molecular formula is C25H22F2N2O2. The number of nitrogens with zero attached hydrogens (tertiary/aromatic N) is 2. The van der Waals surface area contributed by atoms with E-state index in [1.807, 2.05) is 30.3 Å². The van der Waals surface area contributed by atoms with Gasteiger partial charge in [0.2, 0.25) is 5.91 Å². The van der Waals surface area contributed by atoms with E-state index in [2.05, 4.69) is 5.16 Å². The summed E-state index contributed by atoms with van der Waals surface area (Å²) in [6.07, 6.45) is 0.136. The number of benzene rings is 3. The number of amides is 1. The van der Waals surface area contributed by atoms with Crippen LogP contribution in [-0.2, 0) is 22.6 Å². The summed E-state index contributed by atoms with van der Waals surface area (Å²) < 4.78 is 28.3. The third-order valence-corrected chi connectivity index (χ3v) is 5.21. The van der Waals surface area contributed by atoms with Gasteiger partial charge in [-0.3, -0.25) is 4.79 Å². The zero-order valence-corrected chi connectivity index (χ0v) is 16.9. The van der Waals surface area contributed by atoms with Gasteiger partial charge in [0.1, 0.15) is 11.6 Å². The summed E-state index contributed by atoms with van der Waals surface area (Å²) in [6, 6.07) is 22.2. The van der Waals surface area contributed by atoms with Crippen molar-refractivity contribution in [3.63, 3.8) is 0 Å². The Morgan fingerprint density at radius 1 is 0.935 bits per heavy atom. The molecule has 0 saturated carbocycles. The number of hydrogen-bond acceptors (Lipinski definition) is 3. The Bertz CT molecular complexity index is 1090. The first-order valence-electron chi connectivity index (χ1n) is 10.1. The fourth-order valence-corrected chi connectivity index (χ4v) is 3.60. The molecule has 0 aromatic heterocycles. The highest BCUT2D eigenvalue weighted by Crippen LogP contribution is 2.21. The van der Waals surface area contributed by atoms with Crippen molar-refractivity contribution in [2.24, 2.45) is 5.16 Å². The molecule has 4 nitrogen and oxygen atoms in total. The minimum absolute atomic E-state index is 0.118. The number of carbonyl (C=O) groups excluding carboxylic acids is 1. The fourth-order valence-electron chi connectivity index (χ4n) is 3.60. The predicted octanol–water partition coefficient (Wildman–Crippen LogP) is 4.73. The van der Waals surface area contributed by atoms with Crippen LogP contribution >= 0.6 is 0 Å². The summed E-state index contributed by atoms with van der Waals surface area (Å²) in [5, 5.41) is 4.03. The number of rotatable bonds is 7. The maximum absolute atomic E-state index is 14.2. The molecule has 158 valence electrons. The van der Waals surface area contributed by atoms with E-state index in [0.29, 0.717) is 23.3 Å². The lowest BCUT2D eigenvalue weighted by atomic mass is 10.0. The monoisotopic (exact) mass is 420 g/mol. The molecule has 1 heterocycles. The van der Waals surface area contributed by atoms with E-state index in [1.54, 1.807) is 41.3 Å². The van der Waals surface area contributed by atoms with Crippen LogP contribution in [0.3, 0.4) is 0 Å². The highest BCUT2D eigenvalue weighted by atomic mass is 19.1. The van der Waals surface area contributed by atoms with E-state index < -0.39 is 6.10 Å². The van der Waals surface area contributed by atoms with Crippen LogP contribution in [0.15, 0.2) is 84.0 Å². The summed E-state index contributed by atoms with van der Waals surface area (Å²) in [7, 11) is 0. The molecule has 0 spiro atoms. The zero-order chi connectivity index (χ0) is 21.6. The Balaban J connectivity index is 1.49. The van der Waals surface area contributed by atoms with Crippen molar-refractivity contribution in [1.29, 1.82) is 0 Å². The molecule has 1 amide bonds. The second kappa shape index (κ2) is 9.51. The van der Waals surface area contributed by atoms with Crippen LogP contribution in [0.5, 0.6) is 0 Å². The normalized spacial score (nSPS) is 15.3. The van der Waals surface area contributed by atoms with Crippen molar-refractivity contribution in [2.45, 2.75) is 25.5 Å². The van der Waals surface area contributed by atoms with Gasteiger partial charge in [-0.25, -0.2) is 8.78 Å². The average molecular weight is 420 g/mol. The Labute approximate surface area is 179 Å². The molecule has 0 fully saturated rings. The Kier molecular flexibility index (Phi) is 6.36. The number of halogens is 2. The SMILES string of the molecule is O=C(Cc1ccccc1)N(Cc1ccccc1F)CC1CC(c2ccccc2F)=NO1. The molecule has 3 aromatic rings. The van der Waals surface area contributed by atoms with Crippen LogP contribution in [0.2, 0.25) is 0 Å². The van der Waals surface area contributed by atoms with Crippen molar-refractivity contribution >= 4 is 11.6 Å². The molecule has 3 aromatic carbocycles. The van der Waals surface area contributed by atoms with Crippen molar-refractivity contribution in [1.82, 2.24) is 4.90 Å². The Morgan fingerprint density at radius 2 is 1.61 bits per heavy atom. The Morgan fingerprint density at radius 3 is 2.35 bits per heavy atom. The van der Waals surface area contributed by atoms with Crippen LogP contribution in [-0.4, -0.2) is 29.2 Å². The van der Waals surface area contributed by atoms with Gasteiger partial charge in [0.15, 0.2) is 6.10 Å². The minimum Gasteiger partial charge on any atom is -0.390 e. The van der Waals surface area contributed by atoms with Crippen LogP contribution in [0.1, 0.15) is 23.1 Å².